The summed E-state index contributed by atoms with van der Waals surface area (Å²) in [7, 11) is 0. The van der Waals surface area contributed by atoms with Gasteiger partial charge in [-0.1, -0.05) is 34.1 Å². The Hall–Kier alpha value is -1.49. The lowest BCUT2D eigenvalue weighted by atomic mass is 10.1. The van der Waals surface area contributed by atoms with Crippen LogP contribution in [-0.4, -0.2) is 24.4 Å². The number of nitrogens with zero attached hydrogens (tertiary/aromatic N) is 2. The maximum absolute atomic E-state index is 10.4. The zero-order valence-electron chi connectivity index (χ0n) is 7.77. The summed E-state index contributed by atoms with van der Waals surface area (Å²) in [6.45, 7) is 0.420. The number of aliphatic imine (C=N–C) groups is 1. The first-order valence-corrected chi connectivity index (χ1v) is 5.17. The molecule has 0 bridgehead atoms. The van der Waals surface area contributed by atoms with E-state index in [1.807, 2.05) is 24.3 Å². The molecule has 1 aromatic rings. The molecule has 0 atom stereocenters. The van der Waals surface area contributed by atoms with Crippen molar-refractivity contribution < 1.29 is 4.79 Å². The predicted molar refractivity (Wildman–Crippen MR) is 62.2 cm³/mol. The van der Waals surface area contributed by atoms with Crippen molar-refractivity contribution in [3.63, 3.8) is 0 Å². The van der Waals surface area contributed by atoms with Gasteiger partial charge in [0, 0.05) is 10.0 Å². The number of aldehydes is 1. The monoisotopic (exact) mass is 265 g/mol. The van der Waals surface area contributed by atoms with Crippen LogP contribution in [0.1, 0.15) is 5.56 Å². The SMILES string of the molecule is O=CC1=NCC(c2ccccc2Br)=NN1. The molecule has 1 aliphatic rings. The summed E-state index contributed by atoms with van der Waals surface area (Å²) in [5.41, 5.74) is 4.39. The number of hydrogen-bond acceptors (Lipinski definition) is 4. The number of nitrogens with one attached hydrogen (secondary N) is 1. The van der Waals surface area contributed by atoms with E-state index < -0.39 is 0 Å². The first kappa shape index (κ1) is 10.0. The van der Waals surface area contributed by atoms with Crippen LogP contribution >= 0.6 is 15.9 Å². The van der Waals surface area contributed by atoms with E-state index in [-0.39, 0.29) is 5.84 Å². The van der Waals surface area contributed by atoms with Gasteiger partial charge < -0.3 is 0 Å². The molecule has 76 valence electrons. The third-order valence-corrected chi connectivity index (χ3v) is 2.69. The molecule has 1 N–H and O–H groups in total. The fourth-order valence-corrected chi connectivity index (χ4v) is 1.77. The Labute approximate surface area is 95.2 Å². The summed E-state index contributed by atoms with van der Waals surface area (Å²) in [5.74, 6) is 0.269. The van der Waals surface area contributed by atoms with E-state index in [2.05, 4.69) is 31.4 Å². The summed E-state index contributed by atoms with van der Waals surface area (Å²) in [6.07, 6.45) is 0.653. The number of rotatable bonds is 2. The Morgan fingerprint density at radius 2 is 2.20 bits per heavy atom. The summed E-state index contributed by atoms with van der Waals surface area (Å²) in [5, 5.41) is 4.09. The Kier molecular flexibility index (Phi) is 2.91. The fraction of sp³-hybridized carbons (Fsp3) is 0.100. The van der Waals surface area contributed by atoms with Gasteiger partial charge in [0.2, 0.25) is 0 Å². The van der Waals surface area contributed by atoms with Crippen LogP contribution in [0.5, 0.6) is 0 Å². The zero-order valence-corrected chi connectivity index (χ0v) is 9.36. The van der Waals surface area contributed by atoms with Gasteiger partial charge in [0.1, 0.15) is 0 Å². The van der Waals surface area contributed by atoms with Gasteiger partial charge in [0.25, 0.3) is 0 Å². The summed E-state index contributed by atoms with van der Waals surface area (Å²) in [6, 6.07) is 7.76. The number of carbonyl (C=O) groups excluding carboxylic acids is 1. The quantitative estimate of drug-likeness (QED) is 0.821. The number of amidine groups is 1. The van der Waals surface area contributed by atoms with Crippen molar-refractivity contribution in [2.24, 2.45) is 10.1 Å². The number of carbonyl (C=O) groups is 1. The topological polar surface area (TPSA) is 53.8 Å². The lowest BCUT2D eigenvalue weighted by Crippen LogP contribution is -2.28. The predicted octanol–water partition coefficient (Wildman–Crippen LogP) is 1.35. The molecule has 0 spiro atoms. The third-order valence-electron chi connectivity index (χ3n) is 2.00. The van der Waals surface area contributed by atoms with Crippen LogP contribution in [0.15, 0.2) is 38.8 Å². The Balaban J connectivity index is 2.25. The van der Waals surface area contributed by atoms with Gasteiger partial charge in [-0.3, -0.25) is 15.2 Å². The van der Waals surface area contributed by atoms with E-state index >= 15 is 0 Å². The maximum Gasteiger partial charge on any atom is 0.186 e. The maximum atomic E-state index is 10.4. The van der Waals surface area contributed by atoms with Crippen LogP contribution in [-0.2, 0) is 4.79 Å². The highest BCUT2D eigenvalue weighted by atomic mass is 79.9. The van der Waals surface area contributed by atoms with Crippen molar-refractivity contribution in [2.75, 3.05) is 6.54 Å². The van der Waals surface area contributed by atoms with Gasteiger partial charge in [0.15, 0.2) is 12.1 Å². The molecule has 0 radical (unpaired) electrons. The van der Waals surface area contributed by atoms with Crippen molar-refractivity contribution in [3.8, 4) is 0 Å². The highest BCUT2D eigenvalue weighted by Crippen LogP contribution is 2.17. The molecule has 1 heterocycles. The molecule has 0 unspecified atom stereocenters. The van der Waals surface area contributed by atoms with Gasteiger partial charge in [-0.25, -0.2) is 0 Å². The number of hydrogen-bond donors (Lipinski definition) is 1. The van der Waals surface area contributed by atoms with Gasteiger partial charge in [-0.05, 0) is 6.07 Å². The number of halogens is 1. The molecule has 0 aliphatic carbocycles. The minimum atomic E-state index is 0.269. The van der Waals surface area contributed by atoms with Gasteiger partial charge >= 0.3 is 0 Å². The van der Waals surface area contributed by atoms with Crippen molar-refractivity contribution in [1.29, 1.82) is 0 Å². The van der Waals surface area contributed by atoms with Crippen molar-refractivity contribution >= 4 is 33.8 Å². The third kappa shape index (κ3) is 2.12. The molecule has 15 heavy (non-hydrogen) atoms. The fourth-order valence-electron chi connectivity index (χ4n) is 1.26. The molecule has 1 aliphatic heterocycles. The minimum absolute atomic E-state index is 0.269. The lowest BCUT2D eigenvalue weighted by Gasteiger charge is -2.11. The van der Waals surface area contributed by atoms with Crippen LogP contribution in [0, 0.1) is 0 Å². The first-order chi connectivity index (χ1) is 7.31. The van der Waals surface area contributed by atoms with Gasteiger partial charge in [0.05, 0.1) is 12.3 Å². The highest BCUT2D eigenvalue weighted by molar-refractivity contribution is 9.10. The first-order valence-electron chi connectivity index (χ1n) is 4.38. The largest absolute Gasteiger partial charge is 0.294 e. The molecule has 0 amide bonds. The normalized spacial score (nSPS) is 15.0. The van der Waals surface area contributed by atoms with Crippen LogP contribution < -0.4 is 5.43 Å². The minimum Gasteiger partial charge on any atom is -0.294 e. The van der Waals surface area contributed by atoms with E-state index in [4.69, 9.17) is 0 Å². The number of benzene rings is 1. The van der Waals surface area contributed by atoms with E-state index in [9.17, 15) is 4.79 Å². The Bertz CT molecular complexity index is 454. The average molecular weight is 266 g/mol. The van der Waals surface area contributed by atoms with E-state index in [0.717, 1.165) is 15.7 Å². The molecule has 0 aromatic heterocycles. The van der Waals surface area contributed by atoms with Gasteiger partial charge in [-0.2, -0.15) is 5.10 Å². The molecular weight excluding hydrogens is 258 g/mol. The summed E-state index contributed by atoms with van der Waals surface area (Å²) >= 11 is 3.44. The van der Waals surface area contributed by atoms with E-state index in [1.165, 1.54) is 0 Å². The molecule has 0 saturated heterocycles. The van der Waals surface area contributed by atoms with Gasteiger partial charge in [-0.15, -0.1) is 0 Å². The zero-order chi connectivity index (χ0) is 10.7. The van der Waals surface area contributed by atoms with Crippen LogP contribution in [0.4, 0.5) is 0 Å². The van der Waals surface area contributed by atoms with Crippen molar-refractivity contribution in [2.45, 2.75) is 0 Å². The highest BCUT2D eigenvalue weighted by Gasteiger charge is 2.11. The molecular formula is C10H8BrN3O. The average Bonchev–Trinajstić information content (AvgIpc) is 2.30. The Morgan fingerprint density at radius 1 is 1.40 bits per heavy atom. The lowest BCUT2D eigenvalue weighted by molar-refractivity contribution is -0.102. The molecule has 0 fully saturated rings. The molecule has 1 aromatic carbocycles. The van der Waals surface area contributed by atoms with E-state index in [1.54, 1.807) is 0 Å². The summed E-state index contributed by atoms with van der Waals surface area (Å²) < 4.78 is 0.968. The standard InChI is InChI=1S/C10H8BrN3O/c11-8-4-2-1-3-7(8)9-5-12-10(6-15)14-13-9/h1-4,6H,5H2,(H,12,14). The van der Waals surface area contributed by atoms with Crippen LogP contribution in [0.25, 0.3) is 0 Å². The Morgan fingerprint density at radius 3 is 2.80 bits per heavy atom. The number of hydrazone groups is 1. The smallest absolute Gasteiger partial charge is 0.186 e. The van der Waals surface area contributed by atoms with E-state index in [0.29, 0.717) is 12.8 Å². The molecule has 5 heteroatoms. The second-order valence-corrected chi connectivity index (χ2v) is 3.82. The molecule has 2 rings (SSSR count). The van der Waals surface area contributed by atoms with Crippen molar-refractivity contribution in [1.82, 2.24) is 5.43 Å². The molecule has 0 saturated carbocycles. The van der Waals surface area contributed by atoms with Crippen LogP contribution in [0.3, 0.4) is 0 Å². The van der Waals surface area contributed by atoms with Crippen molar-refractivity contribution in [3.05, 3.63) is 34.3 Å². The van der Waals surface area contributed by atoms with Crippen LogP contribution in [0.2, 0.25) is 0 Å². The second-order valence-electron chi connectivity index (χ2n) is 2.97. The summed E-state index contributed by atoms with van der Waals surface area (Å²) in [4.78, 5) is 14.4. The molecule has 4 nitrogen and oxygen atoms in total. The second kappa shape index (κ2) is 4.35.